The third-order valence-electron chi connectivity index (χ3n) is 3.51. The second-order valence-corrected chi connectivity index (χ2v) is 4.80. The average Bonchev–Trinajstić information content (AvgIpc) is 3.03. The molecule has 2 nitrogen and oxygen atoms in total. The zero-order chi connectivity index (χ0) is 10.3. The SMILES string of the molecule is Oc1cccc2c1CC(NC1CC1)CC2. The Morgan fingerprint density at radius 3 is 2.80 bits per heavy atom. The summed E-state index contributed by atoms with van der Waals surface area (Å²) in [6.07, 6.45) is 5.99. The molecule has 15 heavy (non-hydrogen) atoms. The van der Waals surface area contributed by atoms with E-state index in [1.54, 1.807) is 6.07 Å². The summed E-state index contributed by atoms with van der Waals surface area (Å²) >= 11 is 0. The molecule has 0 spiro atoms. The second kappa shape index (κ2) is 3.53. The topological polar surface area (TPSA) is 32.3 Å². The van der Waals surface area contributed by atoms with Gasteiger partial charge < -0.3 is 10.4 Å². The molecule has 0 aromatic heterocycles. The number of nitrogens with one attached hydrogen (secondary N) is 1. The maximum absolute atomic E-state index is 9.80. The predicted octanol–water partition coefficient (Wildman–Crippen LogP) is 2.00. The number of benzene rings is 1. The predicted molar refractivity (Wildman–Crippen MR) is 60.1 cm³/mol. The smallest absolute Gasteiger partial charge is 0.119 e. The second-order valence-electron chi connectivity index (χ2n) is 4.80. The molecule has 1 unspecified atom stereocenters. The Morgan fingerprint density at radius 1 is 1.13 bits per heavy atom. The van der Waals surface area contributed by atoms with Gasteiger partial charge in [0.05, 0.1) is 0 Å². The minimum Gasteiger partial charge on any atom is -0.508 e. The van der Waals surface area contributed by atoms with Crippen molar-refractivity contribution < 1.29 is 5.11 Å². The van der Waals surface area contributed by atoms with Crippen molar-refractivity contribution in [3.63, 3.8) is 0 Å². The lowest BCUT2D eigenvalue weighted by Gasteiger charge is -2.26. The van der Waals surface area contributed by atoms with Gasteiger partial charge >= 0.3 is 0 Å². The molecule has 0 aliphatic heterocycles. The van der Waals surface area contributed by atoms with Crippen LogP contribution in [-0.2, 0) is 12.8 Å². The van der Waals surface area contributed by atoms with Crippen LogP contribution < -0.4 is 5.32 Å². The summed E-state index contributed by atoms with van der Waals surface area (Å²) in [6, 6.07) is 7.24. The summed E-state index contributed by atoms with van der Waals surface area (Å²) in [7, 11) is 0. The molecule has 0 heterocycles. The fourth-order valence-corrected chi connectivity index (χ4v) is 2.49. The van der Waals surface area contributed by atoms with Crippen LogP contribution in [0.5, 0.6) is 5.75 Å². The standard InChI is InChI=1S/C13H17NO/c15-13-3-1-2-9-4-5-11(8-12(9)13)14-10-6-7-10/h1-3,10-11,14-15H,4-8H2. The van der Waals surface area contributed by atoms with E-state index in [-0.39, 0.29) is 0 Å². The lowest BCUT2D eigenvalue weighted by Crippen LogP contribution is -2.35. The van der Waals surface area contributed by atoms with Crippen LogP contribution in [0.2, 0.25) is 0 Å². The number of phenolic OH excluding ortho intramolecular Hbond substituents is 1. The van der Waals surface area contributed by atoms with Gasteiger partial charge in [0.25, 0.3) is 0 Å². The fraction of sp³-hybridized carbons (Fsp3) is 0.538. The van der Waals surface area contributed by atoms with E-state index in [1.165, 1.54) is 30.4 Å². The third-order valence-corrected chi connectivity index (χ3v) is 3.51. The third kappa shape index (κ3) is 1.86. The highest BCUT2D eigenvalue weighted by Gasteiger charge is 2.27. The Kier molecular flexibility index (Phi) is 2.17. The van der Waals surface area contributed by atoms with Crippen molar-refractivity contribution in [3.8, 4) is 5.75 Å². The van der Waals surface area contributed by atoms with E-state index >= 15 is 0 Å². The van der Waals surface area contributed by atoms with Gasteiger partial charge in [-0.2, -0.15) is 0 Å². The summed E-state index contributed by atoms with van der Waals surface area (Å²) in [5.41, 5.74) is 2.51. The van der Waals surface area contributed by atoms with Crippen LogP contribution in [0.4, 0.5) is 0 Å². The number of rotatable bonds is 2. The van der Waals surface area contributed by atoms with Gasteiger partial charge in [0, 0.05) is 12.1 Å². The zero-order valence-electron chi connectivity index (χ0n) is 8.87. The van der Waals surface area contributed by atoms with E-state index in [1.807, 2.05) is 6.07 Å². The maximum Gasteiger partial charge on any atom is 0.119 e. The van der Waals surface area contributed by atoms with Gasteiger partial charge in [0.2, 0.25) is 0 Å². The Labute approximate surface area is 90.3 Å². The van der Waals surface area contributed by atoms with Crippen molar-refractivity contribution in [2.75, 3.05) is 0 Å². The average molecular weight is 203 g/mol. The summed E-state index contributed by atoms with van der Waals surface area (Å²) in [6.45, 7) is 0. The number of hydrogen-bond donors (Lipinski definition) is 2. The molecule has 0 bridgehead atoms. The van der Waals surface area contributed by atoms with E-state index in [0.29, 0.717) is 11.8 Å². The molecule has 2 heteroatoms. The van der Waals surface area contributed by atoms with E-state index in [9.17, 15) is 5.11 Å². The van der Waals surface area contributed by atoms with Gasteiger partial charge in [0.1, 0.15) is 5.75 Å². The largest absolute Gasteiger partial charge is 0.508 e. The Hall–Kier alpha value is -1.02. The van der Waals surface area contributed by atoms with Crippen LogP contribution in [0.3, 0.4) is 0 Å². The molecule has 1 saturated carbocycles. The van der Waals surface area contributed by atoms with E-state index < -0.39 is 0 Å². The normalized spacial score (nSPS) is 24.9. The van der Waals surface area contributed by atoms with E-state index in [4.69, 9.17) is 0 Å². The minimum absolute atomic E-state index is 0.481. The Morgan fingerprint density at radius 2 is 2.00 bits per heavy atom. The zero-order valence-corrected chi connectivity index (χ0v) is 8.87. The summed E-state index contributed by atoms with van der Waals surface area (Å²) < 4.78 is 0. The number of hydrogen-bond acceptors (Lipinski definition) is 2. The van der Waals surface area contributed by atoms with Crippen molar-refractivity contribution in [3.05, 3.63) is 29.3 Å². The fourth-order valence-electron chi connectivity index (χ4n) is 2.49. The number of aryl methyl sites for hydroxylation is 1. The van der Waals surface area contributed by atoms with Crippen molar-refractivity contribution >= 4 is 0 Å². The molecule has 0 radical (unpaired) electrons. The quantitative estimate of drug-likeness (QED) is 0.770. The van der Waals surface area contributed by atoms with Crippen LogP contribution in [0.25, 0.3) is 0 Å². The molecule has 3 rings (SSSR count). The van der Waals surface area contributed by atoms with Crippen molar-refractivity contribution in [2.45, 2.75) is 44.2 Å². The molecule has 1 aromatic rings. The molecule has 2 N–H and O–H groups in total. The van der Waals surface area contributed by atoms with Gasteiger partial charge in [-0.25, -0.2) is 0 Å². The molecule has 80 valence electrons. The van der Waals surface area contributed by atoms with Crippen LogP contribution in [0.15, 0.2) is 18.2 Å². The van der Waals surface area contributed by atoms with Crippen molar-refractivity contribution in [1.29, 1.82) is 0 Å². The monoisotopic (exact) mass is 203 g/mol. The van der Waals surface area contributed by atoms with Gasteiger partial charge in [-0.15, -0.1) is 0 Å². The minimum atomic E-state index is 0.481. The highest BCUT2D eigenvalue weighted by atomic mass is 16.3. The first-order chi connectivity index (χ1) is 7.33. The molecule has 1 fully saturated rings. The molecule has 1 atom stereocenters. The number of aromatic hydroxyl groups is 1. The Bertz CT molecular complexity index is 371. The first-order valence-corrected chi connectivity index (χ1v) is 5.89. The highest BCUT2D eigenvalue weighted by molar-refractivity contribution is 5.41. The van der Waals surface area contributed by atoms with Crippen LogP contribution in [-0.4, -0.2) is 17.2 Å². The number of fused-ring (bicyclic) bond motifs is 1. The summed E-state index contributed by atoms with van der Waals surface area (Å²) in [4.78, 5) is 0. The highest BCUT2D eigenvalue weighted by Crippen LogP contribution is 2.30. The van der Waals surface area contributed by atoms with E-state index in [0.717, 1.165) is 18.9 Å². The van der Waals surface area contributed by atoms with Crippen LogP contribution in [0, 0.1) is 0 Å². The van der Waals surface area contributed by atoms with Gasteiger partial charge in [-0.05, 0) is 49.3 Å². The van der Waals surface area contributed by atoms with E-state index in [2.05, 4.69) is 11.4 Å². The molecule has 0 saturated heterocycles. The number of phenols is 1. The van der Waals surface area contributed by atoms with Crippen LogP contribution >= 0.6 is 0 Å². The van der Waals surface area contributed by atoms with Gasteiger partial charge in [-0.3, -0.25) is 0 Å². The summed E-state index contributed by atoms with van der Waals surface area (Å²) in [5, 5.41) is 13.4. The van der Waals surface area contributed by atoms with Crippen LogP contribution in [0.1, 0.15) is 30.4 Å². The summed E-state index contributed by atoms with van der Waals surface area (Å²) in [5.74, 6) is 0.481. The molecular formula is C13H17NO. The maximum atomic E-state index is 9.80. The van der Waals surface area contributed by atoms with Gasteiger partial charge in [0.15, 0.2) is 0 Å². The lowest BCUT2D eigenvalue weighted by atomic mass is 9.87. The molecule has 2 aliphatic rings. The Balaban J connectivity index is 1.78. The van der Waals surface area contributed by atoms with Crippen molar-refractivity contribution in [1.82, 2.24) is 5.32 Å². The molecule has 2 aliphatic carbocycles. The molecule has 1 aromatic carbocycles. The first-order valence-electron chi connectivity index (χ1n) is 5.89. The first kappa shape index (κ1) is 9.22. The lowest BCUT2D eigenvalue weighted by molar-refractivity contribution is 0.425. The molecule has 0 amide bonds. The van der Waals surface area contributed by atoms with Gasteiger partial charge in [-0.1, -0.05) is 12.1 Å². The molecular weight excluding hydrogens is 186 g/mol. The van der Waals surface area contributed by atoms with Crippen molar-refractivity contribution in [2.24, 2.45) is 0 Å².